The molecule has 146 valence electrons. The molecule has 5 rings (SSSR count). The number of nitrogens with zero attached hydrogens (tertiary/aromatic N) is 3. The Bertz CT molecular complexity index is 1150. The van der Waals surface area contributed by atoms with Crippen molar-refractivity contribution in [2.45, 2.75) is 50.9 Å². The van der Waals surface area contributed by atoms with Crippen LogP contribution in [0.3, 0.4) is 0 Å². The molecular formula is C26H27N3. The van der Waals surface area contributed by atoms with Gasteiger partial charge < -0.3 is 0 Å². The van der Waals surface area contributed by atoms with Crippen molar-refractivity contribution in [3.05, 3.63) is 89.9 Å². The van der Waals surface area contributed by atoms with Gasteiger partial charge in [0.1, 0.15) is 0 Å². The average Bonchev–Trinajstić information content (AvgIpc) is 3.33. The van der Waals surface area contributed by atoms with E-state index in [9.17, 15) is 0 Å². The highest BCUT2D eigenvalue weighted by molar-refractivity contribution is 5.77. The molecular weight excluding hydrogens is 354 g/mol. The van der Waals surface area contributed by atoms with Crippen LogP contribution in [0.4, 0.5) is 0 Å². The number of hydrogen-bond donors (Lipinski definition) is 0. The van der Waals surface area contributed by atoms with Gasteiger partial charge in [0.15, 0.2) is 5.65 Å². The molecule has 0 spiro atoms. The van der Waals surface area contributed by atoms with Gasteiger partial charge in [-0.25, -0.2) is 9.50 Å². The first-order valence-electron chi connectivity index (χ1n) is 10.4. The third kappa shape index (κ3) is 3.25. The van der Waals surface area contributed by atoms with Crippen molar-refractivity contribution in [3.8, 4) is 11.1 Å². The van der Waals surface area contributed by atoms with E-state index in [1.807, 2.05) is 16.9 Å². The molecule has 3 nitrogen and oxygen atoms in total. The number of rotatable bonds is 5. The normalized spacial score (nSPS) is 15.6. The highest BCUT2D eigenvalue weighted by atomic mass is 15.3. The van der Waals surface area contributed by atoms with E-state index in [2.05, 4.69) is 86.4 Å². The maximum atomic E-state index is 4.74. The molecule has 1 saturated carbocycles. The van der Waals surface area contributed by atoms with E-state index in [1.54, 1.807) is 0 Å². The van der Waals surface area contributed by atoms with Crippen molar-refractivity contribution in [3.63, 3.8) is 0 Å². The Balaban J connectivity index is 1.52. The van der Waals surface area contributed by atoms with E-state index in [4.69, 9.17) is 5.10 Å². The van der Waals surface area contributed by atoms with Gasteiger partial charge in [0.2, 0.25) is 0 Å². The molecule has 4 aromatic rings. The lowest BCUT2D eigenvalue weighted by molar-refractivity contribution is 0.489. The maximum Gasteiger partial charge on any atom is 0.163 e. The molecule has 0 N–H and O–H groups in total. The van der Waals surface area contributed by atoms with Gasteiger partial charge in [-0.05, 0) is 47.4 Å². The zero-order chi connectivity index (χ0) is 20.1. The first-order chi connectivity index (χ1) is 14.0. The molecule has 1 aliphatic rings. The van der Waals surface area contributed by atoms with Crippen LogP contribution < -0.4 is 0 Å². The van der Waals surface area contributed by atoms with Crippen molar-refractivity contribution in [1.82, 2.24) is 14.6 Å². The van der Waals surface area contributed by atoms with E-state index in [0.717, 1.165) is 17.6 Å². The van der Waals surface area contributed by atoms with E-state index in [0.29, 0.717) is 5.41 Å². The fourth-order valence-electron chi connectivity index (χ4n) is 4.33. The summed E-state index contributed by atoms with van der Waals surface area (Å²) in [6.45, 7) is 6.91. The van der Waals surface area contributed by atoms with E-state index in [1.165, 1.54) is 35.2 Å². The summed E-state index contributed by atoms with van der Waals surface area (Å²) in [4.78, 5) is 4.68. The molecule has 0 saturated heterocycles. The highest BCUT2D eigenvalue weighted by Crippen LogP contribution is 2.47. The van der Waals surface area contributed by atoms with E-state index >= 15 is 0 Å². The highest BCUT2D eigenvalue weighted by Gasteiger charge is 2.38. The standard InChI is InChI=1S/C26H27N3/c1-25(2,17-19-7-5-4-6-8-19)23-13-16-27-24-22(18-28-29(23)24)20-9-11-21(12-10-20)26(3)14-15-26/h4-13,16,18H,14-15,17H2,1-3H3. The van der Waals surface area contributed by atoms with Crippen LogP contribution in [0.15, 0.2) is 73.1 Å². The van der Waals surface area contributed by atoms with Crippen LogP contribution in [0.2, 0.25) is 0 Å². The largest absolute Gasteiger partial charge is 0.236 e. The zero-order valence-electron chi connectivity index (χ0n) is 17.4. The second-order valence-electron chi connectivity index (χ2n) is 9.31. The molecule has 0 amide bonds. The first-order valence-corrected chi connectivity index (χ1v) is 10.4. The van der Waals surface area contributed by atoms with Gasteiger partial charge in [-0.1, -0.05) is 75.4 Å². The smallest absolute Gasteiger partial charge is 0.163 e. The predicted octanol–water partition coefficient (Wildman–Crippen LogP) is 5.97. The Morgan fingerprint density at radius 3 is 2.38 bits per heavy atom. The second-order valence-corrected chi connectivity index (χ2v) is 9.31. The summed E-state index contributed by atoms with van der Waals surface area (Å²) in [7, 11) is 0. The van der Waals surface area contributed by atoms with Gasteiger partial charge in [0, 0.05) is 17.2 Å². The Labute approximate surface area is 172 Å². The van der Waals surface area contributed by atoms with Crippen LogP contribution in [0.5, 0.6) is 0 Å². The van der Waals surface area contributed by atoms with Crippen LogP contribution in [-0.2, 0) is 17.3 Å². The van der Waals surface area contributed by atoms with Crippen molar-refractivity contribution < 1.29 is 0 Å². The summed E-state index contributed by atoms with van der Waals surface area (Å²) < 4.78 is 2.02. The Morgan fingerprint density at radius 1 is 0.966 bits per heavy atom. The van der Waals surface area contributed by atoms with Gasteiger partial charge in [0.25, 0.3) is 0 Å². The lowest BCUT2D eigenvalue weighted by Crippen LogP contribution is -2.24. The summed E-state index contributed by atoms with van der Waals surface area (Å²) in [6, 6.07) is 21.7. The van der Waals surface area contributed by atoms with Crippen molar-refractivity contribution >= 4 is 5.65 Å². The summed E-state index contributed by atoms with van der Waals surface area (Å²) in [5.74, 6) is 0. The second kappa shape index (κ2) is 6.55. The summed E-state index contributed by atoms with van der Waals surface area (Å²) in [5, 5.41) is 4.74. The van der Waals surface area contributed by atoms with Gasteiger partial charge in [-0.2, -0.15) is 5.10 Å². The fourth-order valence-corrected chi connectivity index (χ4v) is 4.33. The molecule has 0 radical (unpaired) electrons. The number of aromatic nitrogens is 3. The monoisotopic (exact) mass is 381 g/mol. The van der Waals surface area contributed by atoms with Crippen molar-refractivity contribution in [1.29, 1.82) is 0 Å². The van der Waals surface area contributed by atoms with Gasteiger partial charge >= 0.3 is 0 Å². The minimum Gasteiger partial charge on any atom is -0.236 e. The van der Waals surface area contributed by atoms with Crippen molar-refractivity contribution in [2.75, 3.05) is 0 Å². The van der Waals surface area contributed by atoms with Crippen LogP contribution in [0.1, 0.15) is 50.4 Å². The topological polar surface area (TPSA) is 30.2 Å². The summed E-state index contributed by atoms with van der Waals surface area (Å²) >= 11 is 0. The van der Waals surface area contributed by atoms with Gasteiger partial charge in [0.05, 0.1) is 11.9 Å². The third-order valence-corrected chi connectivity index (χ3v) is 6.48. The quantitative estimate of drug-likeness (QED) is 0.426. The summed E-state index contributed by atoms with van der Waals surface area (Å²) in [6.07, 6.45) is 7.42. The molecule has 2 aromatic carbocycles. The molecule has 0 aliphatic heterocycles. The minimum absolute atomic E-state index is 0.0593. The SMILES string of the molecule is CC(C)(Cc1ccccc1)c1ccnc2c(-c3ccc(C4(C)CC4)cc3)cnn12. The Morgan fingerprint density at radius 2 is 1.69 bits per heavy atom. The molecule has 1 fully saturated rings. The van der Waals surface area contributed by atoms with Crippen LogP contribution in [-0.4, -0.2) is 14.6 Å². The minimum atomic E-state index is -0.0593. The average molecular weight is 382 g/mol. The van der Waals surface area contributed by atoms with E-state index in [-0.39, 0.29) is 5.41 Å². The predicted molar refractivity (Wildman–Crippen MR) is 118 cm³/mol. The molecule has 1 aliphatic carbocycles. The summed E-state index contributed by atoms with van der Waals surface area (Å²) in [5.41, 5.74) is 7.49. The zero-order valence-corrected chi connectivity index (χ0v) is 17.4. The molecule has 3 heteroatoms. The number of hydrogen-bond acceptors (Lipinski definition) is 2. The Kier molecular flexibility index (Phi) is 4.09. The first kappa shape index (κ1) is 18.1. The lowest BCUT2D eigenvalue weighted by Gasteiger charge is -2.25. The van der Waals surface area contributed by atoms with Crippen LogP contribution in [0, 0.1) is 0 Å². The third-order valence-electron chi connectivity index (χ3n) is 6.48. The lowest BCUT2D eigenvalue weighted by atomic mass is 9.82. The number of benzene rings is 2. The van der Waals surface area contributed by atoms with Crippen LogP contribution in [0.25, 0.3) is 16.8 Å². The molecule has 0 atom stereocenters. The van der Waals surface area contributed by atoms with E-state index < -0.39 is 0 Å². The van der Waals surface area contributed by atoms with Gasteiger partial charge in [-0.3, -0.25) is 0 Å². The number of fused-ring (bicyclic) bond motifs is 1. The maximum absolute atomic E-state index is 4.74. The van der Waals surface area contributed by atoms with Gasteiger partial charge in [-0.15, -0.1) is 0 Å². The molecule has 2 aromatic heterocycles. The molecule has 0 unspecified atom stereocenters. The van der Waals surface area contributed by atoms with Crippen LogP contribution >= 0.6 is 0 Å². The molecule has 0 bridgehead atoms. The fraction of sp³-hybridized carbons (Fsp3) is 0.308. The Hall–Kier alpha value is -2.94. The molecule has 29 heavy (non-hydrogen) atoms. The molecule has 2 heterocycles. The van der Waals surface area contributed by atoms with Crippen molar-refractivity contribution in [2.24, 2.45) is 0 Å².